The van der Waals surface area contributed by atoms with Gasteiger partial charge in [0.05, 0.1) is 12.1 Å². The molecule has 1 amide bonds. The number of aldehydes is 1. The lowest BCUT2D eigenvalue weighted by atomic mass is 10.3. The van der Waals surface area contributed by atoms with Gasteiger partial charge in [-0.25, -0.2) is 4.79 Å². The Kier molecular flexibility index (Phi) is 8.04. The van der Waals surface area contributed by atoms with Gasteiger partial charge in [-0.05, 0) is 12.2 Å². The van der Waals surface area contributed by atoms with E-state index in [4.69, 9.17) is 10.00 Å². The van der Waals surface area contributed by atoms with Crippen LogP contribution >= 0.6 is 0 Å². The fourth-order valence-corrected chi connectivity index (χ4v) is 0.994. The Balaban J connectivity index is 4.47. The van der Waals surface area contributed by atoms with Crippen molar-refractivity contribution in [3.8, 4) is 6.07 Å². The quantitative estimate of drug-likeness (QED) is 0.222. The van der Waals surface area contributed by atoms with Crippen molar-refractivity contribution in [2.24, 2.45) is 0 Å². The van der Waals surface area contributed by atoms with E-state index < -0.39 is 5.97 Å². The van der Waals surface area contributed by atoms with Gasteiger partial charge in [0.25, 0.3) is 0 Å². The number of carbonyl (C=O) groups excluding carboxylic acids is 3. The second-order valence-corrected chi connectivity index (χ2v) is 3.28. The number of allylic oxidation sites excluding steroid dienone is 3. The maximum absolute atomic E-state index is 11.3. The second-order valence-electron chi connectivity index (χ2n) is 3.28. The average Bonchev–Trinajstić information content (AvgIpc) is 2.40. The molecule has 100 valence electrons. The minimum atomic E-state index is -0.569. The molecule has 0 unspecified atom stereocenters. The summed E-state index contributed by atoms with van der Waals surface area (Å²) in [6.07, 6.45) is 5.50. The van der Waals surface area contributed by atoms with E-state index in [9.17, 15) is 14.4 Å². The van der Waals surface area contributed by atoms with Gasteiger partial charge in [-0.1, -0.05) is 6.58 Å². The normalized spacial score (nSPS) is 10.6. The summed E-state index contributed by atoms with van der Waals surface area (Å²) >= 11 is 0. The molecule has 0 fully saturated rings. The van der Waals surface area contributed by atoms with Crippen molar-refractivity contribution in [3.63, 3.8) is 0 Å². The number of nitriles is 1. The molecule has 19 heavy (non-hydrogen) atoms. The van der Waals surface area contributed by atoms with E-state index in [1.165, 1.54) is 30.2 Å². The first-order valence-corrected chi connectivity index (χ1v) is 5.35. The number of hydrogen-bond acceptors (Lipinski definition) is 5. The van der Waals surface area contributed by atoms with Crippen LogP contribution < -0.4 is 0 Å². The molecule has 0 saturated carbocycles. The highest BCUT2D eigenvalue weighted by Gasteiger charge is 2.05. The van der Waals surface area contributed by atoms with Crippen LogP contribution in [0.15, 0.2) is 36.6 Å². The molecule has 0 aliphatic carbocycles. The van der Waals surface area contributed by atoms with Crippen LogP contribution in [0.25, 0.3) is 0 Å². The van der Waals surface area contributed by atoms with Gasteiger partial charge in [0, 0.05) is 19.2 Å². The SMILES string of the molecule is C=CC(=O)OCCN(/C=C/C=C(\C#N)C=O)C(C)=O. The lowest BCUT2D eigenvalue weighted by Gasteiger charge is -2.15. The summed E-state index contributed by atoms with van der Waals surface area (Å²) in [5, 5.41) is 8.50. The topological polar surface area (TPSA) is 87.5 Å². The van der Waals surface area contributed by atoms with Gasteiger partial charge in [0.15, 0.2) is 6.29 Å². The van der Waals surface area contributed by atoms with Gasteiger partial charge < -0.3 is 9.64 Å². The Morgan fingerprint density at radius 3 is 2.63 bits per heavy atom. The molecule has 0 rings (SSSR count). The minimum Gasteiger partial charge on any atom is -0.461 e. The second kappa shape index (κ2) is 9.36. The van der Waals surface area contributed by atoms with E-state index in [-0.39, 0.29) is 24.6 Å². The number of ether oxygens (including phenoxy) is 1. The van der Waals surface area contributed by atoms with Crippen LogP contribution in [0.1, 0.15) is 6.92 Å². The van der Waals surface area contributed by atoms with E-state index in [2.05, 4.69) is 6.58 Å². The Morgan fingerprint density at radius 1 is 1.47 bits per heavy atom. The summed E-state index contributed by atoms with van der Waals surface area (Å²) in [5.74, 6) is -0.830. The summed E-state index contributed by atoms with van der Waals surface area (Å²) in [6, 6.07) is 1.68. The van der Waals surface area contributed by atoms with E-state index in [0.717, 1.165) is 6.08 Å². The molecule has 0 atom stereocenters. The third-order valence-corrected chi connectivity index (χ3v) is 1.95. The molecule has 0 bridgehead atoms. The highest BCUT2D eigenvalue weighted by molar-refractivity contribution is 5.81. The first kappa shape index (κ1) is 16.3. The molecule has 0 saturated heterocycles. The summed E-state index contributed by atoms with van der Waals surface area (Å²) in [6.45, 7) is 4.78. The van der Waals surface area contributed by atoms with Gasteiger partial charge in [-0.2, -0.15) is 5.26 Å². The maximum Gasteiger partial charge on any atom is 0.330 e. The number of nitrogens with zero attached hydrogens (tertiary/aromatic N) is 2. The highest BCUT2D eigenvalue weighted by atomic mass is 16.5. The fraction of sp³-hybridized carbons (Fsp3) is 0.231. The van der Waals surface area contributed by atoms with Crippen LogP contribution in [0, 0.1) is 11.3 Å². The van der Waals surface area contributed by atoms with Crippen molar-refractivity contribution >= 4 is 18.2 Å². The molecule has 6 nitrogen and oxygen atoms in total. The molecule has 0 aliphatic rings. The van der Waals surface area contributed by atoms with Crippen LogP contribution in [0.4, 0.5) is 0 Å². The summed E-state index contributed by atoms with van der Waals surface area (Å²) < 4.78 is 4.73. The fourth-order valence-electron chi connectivity index (χ4n) is 0.994. The van der Waals surface area contributed by atoms with Crippen LogP contribution in [0.5, 0.6) is 0 Å². The van der Waals surface area contributed by atoms with Gasteiger partial charge in [0.1, 0.15) is 12.7 Å². The first-order valence-electron chi connectivity index (χ1n) is 5.35. The van der Waals surface area contributed by atoms with Gasteiger partial charge in [0.2, 0.25) is 5.91 Å². The standard InChI is InChI=1S/C13H14N2O4/c1-3-13(18)19-8-7-15(11(2)17)6-4-5-12(9-14)10-16/h3-6,10H,1,7-8H2,2H3/b6-4+,12-5+. The molecule has 0 aromatic rings. The van der Waals surface area contributed by atoms with E-state index in [0.29, 0.717) is 6.29 Å². The number of esters is 1. The van der Waals surface area contributed by atoms with Crippen molar-refractivity contribution in [3.05, 3.63) is 36.6 Å². The van der Waals surface area contributed by atoms with Crippen molar-refractivity contribution in [1.82, 2.24) is 4.90 Å². The number of amides is 1. The number of rotatable bonds is 7. The van der Waals surface area contributed by atoms with Gasteiger partial charge in [-0.15, -0.1) is 0 Å². The highest BCUT2D eigenvalue weighted by Crippen LogP contribution is 1.95. The zero-order valence-electron chi connectivity index (χ0n) is 10.5. The molecule has 0 heterocycles. The monoisotopic (exact) mass is 262 g/mol. The third-order valence-electron chi connectivity index (χ3n) is 1.95. The molecule has 0 N–H and O–H groups in total. The lowest BCUT2D eigenvalue weighted by molar-refractivity contribution is -0.139. The predicted octanol–water partition coefficient (Wildman–Crippen LogP) is 0.727. The zero-order chi connectivity index (χ0) is 14.7. The van der Waals surface area contributed by atoms with E-state index in [1.807, 2.05) is 0 Å². The van der Waals surface area contributed by atoms with Crippen molar-refractivity contribution in [1.29, 1.82) is 5.26 Å². The van der Waals surface area contributed by atoms with E-state index >= 15 is 0 Å². The molecule has 0 aliphatic heterocycles. The largest absolute Gasteiger partial charge is 0.461 e. The number of carbonyl (C=O) groups is 3. The number of hydrogen-bond donors (Lipinski definition) is 0. The lowest BCUT2D eigenvalue weighted by Crippen LogP contribution is -2.27. The zero-order valence-corrected chi connectivity index (χ0v) is 10.5. The molecule has 0 aromatic heterocycles. The van der Waals surface area contributed by atoms with Crippen LogP contribution in [0.3, 0.4) is 0 Å². The molecule has 0 spiro atoms. The molecular weight excluding hydrogens is 248 g/mol. The van der Waals surface area contributed by atoms with Crippen LogP contribution in [-0.4, -0.2) is 36.2 Å². The molecule has 0 aromatic carbocycles. The van der Waals surface area contributed by atoms with Crippen LogP contribution in [-0.2, 0) is 19.1 Å². The van der Waals surface area contributed by atoms with Crippen molar-refractivity contribution in [2.75, 3.05) is 13.2 Å². The van der Waals surface area contributed by atoms with Crippen LogP contribution in [0.2, 0.25) is 0 Å². The predicted molar refractivity (Wildman–Crippen MR) is 67.4 cm³/mol. The minimum absolute atomic E-state index is 0.0251. The average molecular weight is 262 g/mol. The Labute approximate surface area is 111 Å². The third kappa shape index (κ3) is 7.28. The van der Waals surface area contributed by atoms with Crippen molar-refractivity contribution < 1.29 is 19.1 Å². The summed E-state index contributed by atoms with van der Waals surface area (Å²) in [4.78, 5) is 33.7. The first-order chi connectivity index (χ1) is 9.04. The Hall–Kier alpha value is -2.68. The Morgan fingerprint density at radius 2 is 2.16 bits per heavy atom. The van der Waals surface area contributed by atoms with Gasteiger partial charge >= 0.3 is 5.97 Å². The summed E-state index contributed by atoms with van der Waals surface area (Å²) in [7, 11) is 0. The Bertz CT molecular complexity index is 458. The molecule has 0 radical (unpaired) electrons. The van der Waals surface area contributed by atoms with Crippen molar-refractivity contribution in [2.45, 2.75) is 6.92 Å². The molecule has 6 heteroatoms. The smallest absolute Gasteiger partial charge is 0.330 e. The summed E-state index contributed by atoms with van der Waals surface area (Å²) in [5.41, 5.74) is -0.0576. The molecular formula is C13H14N2O4. The van der Waals surface area contributed by atoms with Gasteiger partial charge in [-0.3, -0.25) is 9.59 Å². The van der Waals surface area contributed by atoms with E-state index in [1.54, 1.807) is 6.07 Å². The maximum atomic E-state index is 11.3.